The molecule has 2 heterocycles. The van der Waals surface area contributed by atoms with E-state index in [1.54, 1.807) is 0 Å². The lowest BCUT2D eigenvalue weighted by Gasteiger charge is -2.08. The van der Waals surface area contributed by atoms with Crippen molar-refractivity contribution in [3.63, 3.8) is 0 Å². The van der Waals surface area contributed by atoms with Gasteiger partial charge in [-0.1, -0.05) is 39.0 Å². The lowest BCUT2D eigenvalue weighted by Crippen LogP contribution is -2.15. The van der Waals surface area contributed by atoms with Crippen molar-refractivity contribution in [1.29, 1.82) is 0 Å². The van der Waals surface area contributed by atoms with Crippen LogP contribution in [-0.4, -0.2) is 25.9 Å². The van der Waals surface area contributed by atoms with E-state index in [4.69, 9.17) is 0 Å². The van der Waals surface area contributed by atoms with Gasteiger partial charge in [-0.3, -0.25) is 9.48 Å². The quantitative estimate of drug-likeness (QED) is 0.879. The van der Waals surface area contributed by atoms with Gasteiger partial charge in [-0.15, -0.1) is 10.2 Å². The molecule has 0 saturated carbocycles. The maximum atomic E-state index is 12.3. The van der Waals surface area contributed by atoms with E-state index in [-0.39, 0.29) is 5.91 Å². The van der Waals surface area contributed by atoms with E-state index in [0.717, 1.165) is 28.5 Å². The fourth-order valence-corrected chi connectivity index (χ4v) is 3.12. The van der Waals surface area contributed by atoms with Crippen molar-refractivity contribution in [2.24, 2.45) is 5.92 Å². The molecular formula is C16H25N5OS. The first-order valence-electron chi connectivity index (χ1n) is 7.94. The molecule has 23 heavy (non-hydrogen) atoms. The summed E-state index contributed by atoms with van der Waals surface area (Å²) in [6, 6.07) is 0. The predicted molar refractivity (Wildman–Crippen MR) is 92.9 cm³/mol. The van der Waals surface area contributed by atoms with E-state index in [1.165, 1.54) is 11.3 Å². The average molecular weight is 335 g/mol. The molecule has 0 spiro atoms. The highest BCUT2D eigenvalue weighted by Crippen LogP contribution is 2.23. The van der Waals surface area contributed by atoms with E-state index in [0.29, 0.717) is 23.4 Å². The van der Waals surface area contributed by atoms with Gasteiger partial charge in [-0.25, -0.2) is 0 Å². The second-order valence-electron chi connectivity index (χ2n) is 6.55. The third kappa shape index (κ3) is 4.37. The predicted octanol–water partition coefficient (Wildman–Crippen LogP) is 3.31. The highest BCUT2D eigenvalue weighted by molar-refractivity contribution is 7.15. The molecule has 0 aliphatic heterocycles. The van der Waals surface area contributed by atoms with Crippen LogP contribution in [0.2, 0.25) is 0 Å². The topological polar surface area (TPSA) is 72.7 Å². The van der Waals surface area contributed by atoms with Crippen LogP contribution in [0.3, 0.4) is 0 Å². The van der Waals surface area contributed by atoms with Crippen LogP contribution in [0.15, 0.2) is 0 Å². The van der Waals surface area contributed by atoms with Gasteiger partial charge >= 0.3 is 0 Å². The Bertz CT molecular complexity index is 687. The van der Waals surface area contributed by atoms with Gasteiger partial charge in [0, 0.05) is 23.7 Å². The Morgan fingerprint density at radius 1 is 1.22 bits per heavy atom. The van der Waals surface area contributed by atoms with Gasteiger partial charge in [0.2, 0.25) is 11.0 Å². The number of aryl methyl sites for hydroxylation is 1. The summed E-state index contributed by atoms with van der Waals surface area (Å²) in [7, 11) is 0. The van der Waals surface area contributed by atoms with Crippen LogP contribution < -0.4 is 5.32 Å². The van der Waals surface area contributed by atoms with E-state index >= 15 is 0 Å². The molecule has 2 aromatic rings. The number of nitrogens with one attached hydrogen (secondary N) is 1. The van der Waals surface area contributed by atoms with E-state index < -0.39 is 0 Å². The number of carbonyl (C=O) groups is 1. The number of hydrogen-bond donors (Lipinski definition) is 1. The minimum Gasteiger partial charge on any atom is -0.300 e. The summed E-state index contributed by atoms with van der Waals surface area (Å²) < 4.78 is 1.99. The van der Waals surface area contributed by atoms with Gasteiger partial charge in [0.15, 0.2) is 0 Å². The molecule has 126 valence electrons. The fraction of sp³-hybridized carbons (Fsp3) is 0.625. The van der Waals surface area contributed by atoms with Gasteiger partial charge in [-0.05, 0) is 19.8 Å². The normalized spacial score (nSPS) is 11.5. The third-order valence-corrected chi connectivity index (χ3v) is 4.73. The largest absolute Gasteiger partial charge is 0.300 e. The number of amides is 1. The SMILES string of the molecule is Cc1nn(CC(C)C)c(C)c1CC(=O)Nc1nnc(C(C)C)s1. The zero-order chi connectivity index (χ0) is 17.1. The molecule has 7 heteroatoms. The minimum atomic E-state index is -0.0771. The van der Waals surface area contributed by atoms with Crippen LogP contribution in [0.1, 0.15) is 55.6 Å². The molecule has 1 N–H and O–H groups in total. The molecule has 6 nitrogen and oxygen atoms in total. The minimum absolute atomic E-state index is 0.0771. The van der Waals surface area contributed by atoms with E-state index in [9.17, 15) is 4.79 Å². The molecule has 0 radical (unpaired) electrons. The monoisotopic (exact) mass is 335 g/mol. The first-order valence-corrected chi connectivity index (χ1v) is 8.75. The van der Waals surface area contributed by atoms with Gasteiger partial charge < -0.3 is 5.32 Å². The highest BCUT2D eigenvalue weighted by Gasteiger charge is 2.17. The van der Waals surface area contributed by atoms with Crippen molar-refractivity contribution in [3.8, 4) is 0 Å². The van der Waals surface area contributed by atoms with Crippen LogP contribution in [0.5, 0.6) is 0 Å². The summed E-state index contributed by atoms with van der Waals surface area (Å²) in [5, 5.41) is 17.0. The summed E-state index contributed by atoms with van der Waals surface area (Å²) in [6.45, 7) is 13.3. The van der Waals surface area contributed by atoms with E-state index in [1.807, 2.05) is 18.5 Å². The van der Waals surface area contributed by atoms with Crippen LogP contribution in [0.25, 0.3) is 0 Å². The van der Waals surface area contributed by atoms with Crippen molar-refractivity contribution in [2.45, 2.75) is 60.4 Å². The smallest absolute Gasteiger partial charge is 0.230 e. The van der Waals surface area contributed by atoms with Crippen molar-refractivity contribution < 1.29 is 4.79 Å². The number of hydrogen-bond acceptors (Lipinski definition) is 5. The zero-order valence-corrected chi connectivity index (χ0v) is 15.5. The average Bonchev–Trinajstić information content (AvgIpc) is 2.99. The Labute approximate surface area is 141 Å². The van der Waals surface area contributed by atoms with Gasteiger partial charge in [0.05, 0.1) is 12.1 Å². The number of rotatable bonds is 6. The fourth-order valence-electron chi connectivity index (χ4n) is 2.36. The lowest BCUT2D eigenvalue weighted by molar-refractivity contribution is -0.115. The van der Waals surface area contributed by atoms with Crippen molar-refractivity contribution in [2.75, 3.05) is 5.32 Å². The second-order valence-corrected chi connectivity index (χ2v) is 7.56. The van der Waals surface area contributed by atoms with Gasteiger partial charge in [0.25, 0.3) is 0 Å². The van der Waals surface area contributed by atoms with Gasteiger partial charge in [0.1, 0.15) is 5.01 Å². The first-order chi connectivity index (χ1) is 10.8. The molecule has 0 aromatic carbocycles. The van der Waals surface area contributed by atoms with E-state index in [2.05, 4.69) is 48.3 Å². The summed E-state index contributed by atoms with van der Waals surface area (Å²) >= 11 is 1.43. The van der Waals surface area contributed by atoms with Gasteiger partial charge in [-0.2, -0.15) is 5.10 Å². The van der Waals surface area contributed by atoms with Crippen molar-refractivity contribution in [3.05, 3.63) is 22.0 Å². The number of nitrogens with zero attached hydrogens (tertiary/aromatic N) is 4. The molecule has 0 atom stereocenters. The molecule has 0 aliphatic rings. The van der Waals surface area contributed by atoms with Crippen LogP contribution in [0.4, 0.5) is 5.13 Å². The van der Waals surface area contributed by atoms with Crippen molar-refractivity contribution in [1.82, 2.24) is 20.0 Å². The standard InChI is InChI=1S/C16H25N5OS/c1-9(2)8-21-12(6)13(11(5)20-21)7-14(22)17-16-19-18-15(23-16)10(3)4/h9-10H,7-8H2,1-6H3,(H,17,19,22). The maximum absolute atomic E-state index is 12.3. The highest BCUT2D eigenvalue weighted by atomic mass is 32.1. The first kappa shape index (κ1) is 17.6. The summed E-state index contributed by atoms with van der Waals surface area (Å²) in [4.78, 5) is 12.3. The number of carbonyl (C=O) groups excluding carboxylic acids is 1. The lowest BCUT2D eigenvalue weighted by atomic mass is 10.1. The Balaban J connectivity index is 2.06. The second kappa shape index (κ2) is 7.21. The Morgan fingerprint density at radius 3 is 2.48 bits per heavy atom. The molecule has 2 rings (SSSR count). The summed E-state index contributed by atoms with van der Waals surface area (Å²) in [5.41, 5.74) is 2.97. The molecule has 0 bridgehead atoms. The molecule has 0 aliphatic carbocycles. The Morgan fingerprint density at radius 2 is 1.91 bits per heavy atom. The number of anilines is 1. The molecule has 0 saturated heterocycles. The molecule has 1 amide bonds. The number of aromatic nitrogens is 4. The molecule has 0 fully saturated rings. The molecular weight excluding hydrogens is 310 g/mol. The summed E-state index contributed by atoms with van der Waals surface area (Å²) in [6.07, 6.45) is 0.312. The third-order valence-electron chi connectivity index (χ3n) is 3.59. The maximum Gasteiger partial charge on any atom is 0.230 e. The Kier molecular flexibility index (Phi) is 5.51. The van der Waals surface area contributed by atoms with Crippen molar-refractivity contribution >= 4 is 22.4 Å². The molecule has 0 unspecified atom stereocenters. The zero-order valence-electron chi connectivity index (χ0n) is 14.7. The summed E-state index contributed by atoms with van der Waals surface area (Å²) in [5.74, 6) is 0.759. The van der Waals surface area contributed by atoms with Crippen LogP contribution >= 0.6 is 11.3 Å². The molecule has 2 aromatic heterocycles. The Hall–Kier alpha value is -1.76. The van der Waals surface area contributed by atoms with Crippen LogP contribution in [-0.2, 0) is 17.8 Å². The van der Waals surface area contributed by atoms with Crippen LogP contribution in [0, 0.1) is 19.8 Å².